The quantitative estimate of drug-likeness (QED) is 0.803. The van der Waals surface area contributed by atoms with Crippen LogP contribution in [0.5, 0.6) is 5.88 Å². The van der Waals surface area contributed by atoms with Crippen molar-refractivity contribution in [2.45, 2.75) is 6.42 Å². The first-order chi connectivity index (χ1) is 8.35. The summed E-state index contributed by atoms with van der Waals surface area (Å²) in [6, 6.07) is 7.83. The maximum atomic E-state index is 8.76. The molecule has 0 unspecified atom stereocenters. The SMILES string of the molecule is COc1ncc(-c2ccncc2)cc1CC#N. The molecule has 0 fully saturated rings. The normalized spacial score (nSPS) is 9.65. The van der Waals surface area contributed by atoms with Gasteiger partial charge in [-0.1, -0.05) is 0 Å². The zero-order valence-corrected chi connectivity index (χ0v) is 9.42. The van der Waals surface area contributed by atoms with Gasteiger partial charge in [0.1, 0.15) is 0 Å². The van der Waals surface area contributed by atoms with Gasteiger partial charge in [-0.2, -0.15) is 5.26 Å². The van der Waals surface area contributed by atoms with Crippen molar-refractivity contribution >= 4 is 0 Å². The maximum Gasteiger partial charge on any atom is 0.217 e. The Morgan fingerprint density at radius 2 is 2.06 bits per heavy atom. The van der Waals surface area contributed by atoms with Crippen molar-refractivity contribution in [3.05, 3.63) is 42.4 Å². The largest absolute Gasteiger partial charge is 0.481 e. The lowest BCUT2D eigenvalue weighted by atomic mass is 10.1. The van der Waals surface area contributed by atoms with Crippen LogP contribution < -0.4 is 4.74 Å². The Kier molecular flexibility index (Phi) is 3.31. The highest BCUT2D eigenvalue weighted by atomic mass is 16.5. The van der Waals surface area contributed by atoms with E-state index in [1.54, 1.807) is 25.7 Å². The number of ether oxygens (including phenoxy) is 1. The smallest absolute Gasteiger partial charge is 0.217 e. The predicted octanol–water partition coefficient (Wildman–Crippen LogP) is 2.22. The highest BCUT2D eigenvalue weighted by Gasteiger charge is 2.06. The van der Waals surface area contributed by atoms with E-state index in [0.717, 1.165) is 16.7 Å². The summed E-state index contributed by atoms with van der Waals surface area (Å²) >= 11 is 0. The van der Waals surface area contributed by atoms with Crippen molar-refractivity contribution in [3.8, 4) is 23.1 Å². The molecular formula is C13H11N3O. The fraction of sp³-hybridized carbons (Fsp3) is 0.154. The number of aromatic nitrogens is 2. The molecule has 4 heteroatoms. The van der Waals surface area contributed by atoms with Gasteiger partial charge in [0.2, 0.25) is 5.88 Å². The Morgan fingerprint density at radius 3 is 2.71 bits per heavy atom. The van der Waals surface area contributed by atoms with Crippen LogP contribution in [0.1, 0.15) is 5.56 Å². The van der Waals surface area contributed by atoms with Gasteiger partial charge in [-0.3, -0.25) is 4.98 Å². The standard InChI is InChI=1S/C13H11N3O/c1-17-13-11(2-5-14)8-12(9-16-13)10-3-6-15-7-4-10/h3-4,6-9H,2H2,1H3. The molecule has 0 saturated carbocycles. The van der Waals surface area contributed by atoms with Crippen LogP contribution in [0.4, 0.5) is 0 Å². The molecule has 0 aliphatic rings. The first kappa shape index (κ1) is 11.1. The van der Waals surface area contributed by atoms with E-state index >= 15 is 0 Å². The van der Waals surface area contributed by atoms with E-state index in [2.05, 4.69) is 16.0 Å². The molecule has 2 aromatic heterocycles. The van der Waals surface area contributed by atoms with Crippen LogP contribution in [0, 0.1) is 11.3 Å². The van der Waals surface area contributed by atoms with Crippen LogP contribution in [0.2, 0.25) is 0 Å². The summed E-state index contributed by atoms with van der Waals surface area (Å²) in [5, 5.41) is 8.76. The summed E-state index contributed by atoms with van der Waals surface area (Å²) in [5.74, 6) is 0.504. The maximum absolute atomic E-state index is 8.76. The number of hydrogen-bond acceptors (Lipinski definition) is 4. The molecule has 2 rings (SSSR count). The summed E-state index contributed by atoms with van der Waals surface area (Å²) in [6.07, 6.45) is 5.47. The molecule has 0 saturated heterocycles. The van der Waals surface area contributed by atoms with Gasteiger partial charge < -0.3 is 4.74 Å². The highest BCUT2D eigenvalue weighted by Crippen LogP contribution is 2.23. The molecule has 2 aromatic rings. The lowest BCUT2D eigenvalue weighted by molar-refractivity contribution is 0.394. The van der Waals surface area contributed by atoms with Crippen molar-refractivity contribution in [2.24, 2.45) is 0 Å². The van der Waals surface area contributed by atoms with Crippen molar-refractivity contribution in [3.63, 3.8) is 0 Å². The number of methoxy groups -OCH3 is 1. The summed E-state index contributed by atoms with van der Waals surface area (Å²) in [6.45, 7) is 0. The molecule has 17 heavy (non-hydrogen) atoms. The molecule has 0 radical (unpaired) electrons. The summed E-state index contributed by atoms with van der Waals surface area (Å²) < 4.78 is 5.11. The van der Waals surface area contributed by atoms with Crippen molar-refractivity contribution in [1.29, 1.82) is 5.26 Å². The molecule has 0 aliphatic carbocycles. The molecule has 0 bridgehead atoms. The fourth-order valence-corrected chi connectivity index (χ4v) is 1.60. The minimum Gasteiger partial charge on any atom is -0.481 e. The van der Waals surface area contributed by atoms with E-state index in [1.165, 1.54) is 0 Å². The van der Waals surface area contributed by atoms with Crippen molar-refractivity contribution < 1.29 is 4.74 Å². The summed E-state index contributed by atoms with van der Waals surface area (Å²) in [5.41, 5.74) is 2.78. The summed E-state index contributed by atoms with van der Waals surface area (Å²) in [4.78, 5) is 8.16. The van der Waals surface area contributed by atoms with Crippen LogP contribution in [-0.2, 0) is 6.42 Å². The second-order valence-electron chi connectivity index (χ2n) is 3.46. The Morgan fingerprint density at radius 1 is 1.29 bits per heavy atom. The number of pyridine rings is 2. The topological polar surface area (TPSA) is 58.8 Å². The average Bonchev–Trinajstić information content (AvgIpc) is 2.40. The van der Waals surface area contributed by atoms with Crippen LogP contribution in [-0.4, -0.2) is 17.1 Å². The molecule has 4 nitrogen and oxygen atoms in total. The molecule has 0 N–H and O–H groups in total. The van der Waals surface area contributed by atoms with Crippen molar-refractivity contribution in [1.82, 2.24) is 9.97 Å². The van der Waals surface area contributed by atoms with E-state index in [9.17, 15) is 0 Å². The Balaban J connectivity index is 2.44. The van der Waals surface area contributed by atoms with E-state index in [4.69, 9.17) is 10.00 Å². The van der Waals surface area contributed by atoms with Gasteiger partial charge in [0.15, 0.2) is 0 Å². The zero-order valence-electron chi connectivity index (χ0n) is 9.42. The van der Waals surface area contributed by atoms with Gasteiger partial charge in [-0.05, 0) is 23.8 Å². The molecule has 84 valence electrons. The average molecular weight is 225 g/mol. The first-order valence-electron chi connectivity index (χ1n) is 5.15. The van der Waals surface area contributed by atoms with Crippen LogP contribution in [0.3, 0.4) is 0 Å². The Bertz CT molecular complexity index is 546. The van der Waals surface area contributed by atoms with Crippen LogP contribution in [0.15, 0.2) is 36.8 Å². The summed E-state index contributed by atoms with van der Waals surface area (Å²) in [7, 11) is 1.55. The second kappa shape index (κ2) is 5.08. The Hall–Kier alpha value is -2.41. The second-order valence-corrected chi connectivity index (χ2v) is 3.46. The minimum absolute atomic E-state index is 0.287. The van der Waals surface area contributed by atoms with Gasteiger partial charge in [0.25, 0.3) is 0 Å². The van der Waals surface area contributed by atoms with Crippen LogP contribution >= 0.6 is 0 Å². The van der Waals surface area contributed by atoms with Gasteiger partial charge in [-0.25, -0.2) is 4.98 Å². The van der Waals surface area contributed by atoms with Gasteiger partial charge in [0, 0.05) is 29.7 Å². The number of nitriles is 1. The highest BCUT2D eigenvalue weighted by molar-refractivity contribution is 5.63. The lowest BCUT2D eigenvalue weighted by Crippen LogP contribution is -1.95. The van der Waals surface area contributed by atoms with Crippen molar-refractivity contribution in [2.75, 3.05) is 7.11 Å². The van der Waals surface area contributed by atoms with E-state index < -0.39 is 0 Å². The first-order valence-corrected chi connectivity index (χ1v) is 5.15. The minimum atomic E-state index is 0.287. The number of hydrogen-bond donors (Lipinski definition) is 0. The van der Waals surface area contributed by atoms with Gasteiger partial charge in [-0.15, -0.1) is 0 Å². The zero-order chi connectivity index (χ0) is 12.1. The van der Waals surface area contributed by atoms with Gasteiger partial charge in [0.05, 0.1) is 19.6 Å². The lowest BCUT2D eigenvalue weighted by Gasteiger charge is -2.07. The third kappa shape index (κ3) is 2.40. The van der Waals surface area contributed by atoms with Gasteiger partial charge >= 0.3 is 0 Å². The van der Waals surface area contributed by atoms with Crippen LogP contribution in [0.25, 0.3) is 11.1 Å². The van der Waals surface area contributed by atoms with E-state index in [1.807, 2.05) is 18.2 Å². The molecule has 0 amide bonds. The third-order valence-corrected chi connectivity index (χ3v) is 2.40. The number of rotatable bonds is 3. The molecular weight excluding hydrogens is 214 g/mol. The monoisotopic (exact) mass is 225 g/mol. The third-order valence-electron chi connectivity index (χ3n) is 2.40. The molecule has 2 heterocycles. The predicted molar refractivity (Wildman–Crippen MR) is 63.3 cm³/mol. The fourth-order valence-electron chi connectivity index (χ4n) is 1.60. The Labute approximate surface area is 99.5 Å². The molecule has 0 atom stereocenters. The van der Waals surface area contributed by atoms with E-state index in [-0.39, 0.29) is 6.42 Å². The van der Waals surface area contributed by atoms with E-state index in [0.29, 0.717) is 5.88 Å². The molecule has 0 aliphatic heterocycles. The molecule has 0 spiro atoms. The number of nitrogens with zero attached hydrogens (tertiary/aromatic N) is 3. The molecule has 0 aromatic carbocycles.